The third-order valence-electron chi connectivity index (χ3n) is 2.91. The van der Waals surface area contributed by atoms with E-state index in [1.165, 1.54) is 0 Å². The topological polar surface area (TPSA) is 69.6 Å². The fourth-order valence-electron chi connectivity index (χ4n) is 1.83. The third-order valence-corrected chi connectivity index (χ3v) is 2.91. The summed E-state index contributed by atoms with van der Waals surface area (Å²) in [4.78, 5) is 24.7. The summed E-state index contributed by atoms with van der Waals surface area (Å²) in [6, 6.07) is 9.33. The molecule has 0 radical (unpaired) electrons. The van der Waals surface area contributed by atoms with Crippen LogP contribution in [0, 0.1) is 0 Å². The molecule has 116 valence electrons. The van der Waals surface area contributed by atoms with Crippen LogP contribution < -0.4 is 10.2 Å². The van der Waals surface area contributed by atoms with Crippen LogP contribution in [0.1, 0.15) is 33.6 Å². The summed E-state index contributed by atoms with van der Waals surface area (Å²) in [6.07, 6.45) is 0.495. The SMILES string of the molecule is CC(C)(C)NCC(=O)N(CCCC(=O)O)c1ccccc1. The van der Waals surface area contributed by atoms with E-state index in [1.54, 1.807) is 4.90 Å². The van der Waals surface area contributed by atoms with Crippen LogP contribution >= 0.6 is 0 Å². The van der Waals surface area contributed by atoms with E-state index in [1.807, 2.05) is 51.1 Å². The summed E-state index contributed by atoms with van der Waals surface area (Å²) in [6.45, 7) is 6.62. The largest absolute Gasteiger partial charge is 0.481 e. The summed E-state index contributed by atoms with van der Waals surface area (Å²) < 4.78 is 0. The number of amides is 1. The van der Waals surface area contributed by atoms with Gasteiger partial charge in [-0.05, 0) is 39.3 Å². The Balaban J connectivity index is 2.72. The lowest BCUT2D eigenvalue weighted by Gasteiger charge is -2.26. The molecule has 1 amide bonds. The van der Waals surface area contributed by atoms with Gasteiger partial charge in [-0.3, -0.25) is 9.59 Å². The van der Waals surface area contributed by atoms with Gasteiger partial charge >= 0.3 is 5.97 Å². The van der Waals surface area contributed by atoms with Gasteiger partial charge in [0.1, 0.15) is 0 Å². The molecule has 0 aromatic heterocycles. The second kappa shape index (κ2) is 7.78. The molecule has 0 aliphatic carbocycles. The molecule has 0 spiro atoms. The van der Waals surface area contributed by atoms with Crippen LogP contribution in [0.15, 0.2) is 30.3 Å². The zero-order chi connectivity index (χ0) is 15.9. The highest BCUT2D eigenvalue weighted by molar-refractivity contribution is 5.94. The highest BCUT2D eigenvalue weighted by Crippen LogP contribution is 2.14. The number of hydrogen-bond acceptors (Lipinski definition) is 3. The Morgan fingerprint density at radius 1 is 1.19 bits per heavy atom. The number of benzene rings is 1. The summed E-state index contributed by atoms with van der Waals surface area (Å²) in [5, 5.41) is 11.9. The monoisotopic (exact) mass is 292 g/mol. The van der Waals surface area contributed by atoms with Gasteiger partial charge in [-0.2, -0.15) is 0 Å². The first-order valence-corrected chi connectivity index (χ1v) is 7.12. The van der Waals surface area contributed by atoms with Gasteiger partial charge in [-0.25, -0.2) is 0 Å². The molecule has 0 aliphatic heterocycles. The van der Waals surface area contributed by atoms with Gasteiger partial charge in [0.15, 0.2) is 0 Å². The van der Waals surface area contributed by atoms with E-state index in [0.29, 0.717) is 13.0 Å². The molecule has 0 saturated carbocycles. The lowest BCUT2D eigenvalue weighted by Crippen LogP contribution is -2.45. The Bertz CT molecular complexity index is 466. The number of aliphatic carboxylic acids is 1. The van der Waals surface area contributed by atoms with Crippen LogP contribution in [0.4, 0.5) is 5.69 Å². The zero-order valence-corrected chi connectivity index (χ0v) is 12.9. The Morgan fingerprint density at radius 2 is 1.81 bits per heavy atom. The van der Waals surface area contributed by atoms with Crippen molar-refractivity contribution in [3.63, 3.8) is 0 Å². The zero-order valence-electron chi connectivity index (χ0n) is 12.9. The van der Waals surface area contributed by atoms with Crippen molar-refractivity contribution in [2.75, 3.05) is 18.0 Å². The van der Waals surface area contributed by atoms with Crippen LogP contribution in [0.25, 0.3) is 0 Å². The molecule has 5 nitrogen and oxygen atoms in total. The number of carboxylic acids is 1. The fourth-order valence-corrected chi connectivity index (χ4v) is 1.83. The smallest absolute Gasteiger partial charge is 0.303 e. The molecule has 0 heterocycles. The minimum absolute atomic E-state index is 0.0542. The van der Waals surface area contributed by atoms with E-state index < -0.39 is 5.97 Å². The quantitative estimate of drug-likeness (QED) is 0.809. The number of nitrogens with one attached hydrogen (secondary N) is 1. The van der Waals surface area contributed by atoms with Crippen LogP contribution in [0.5, 0.6) is 0 Å². The summed E-state index contributed by atoms with van der Waals surface area (Å²) in [5.74, 6) is -0.898. The maximum Gasteiger partial charge on any atom is 0.303 e. The van der Waals surface area contributed by atoms with Crippen molar-refractivity contribution in [3.8, 4) is 0 Å². The van der Waals surface area contributed by atoms with E-state index in [-0.39, 0.29) is 24.4 Å². The lowest BCUT2D eigenvalue weighted by atomic mass is 10.1. The van der Waals surface area contributed by atoms with Crippen molar-refractivity contribution >= 4 is 17.6 Å². The van der Waals surface area contributed by atoms with Gasteiger partial charge in [0.2, 0.25) is 5.91 Å². The van der Waals surface area contributed by atoms with Crippen LogP contribution in [0.3, 0.4) is 0 Å². The van der Waals surface area contributed by atoms with Crippen LogP contribution in [-0.4, -0.2) is 35.6 Å². The molecule has 1 aromatic carbocycles. The molecule has 1 aromatic rings. The molecule has 1 rings (SSSR count). The number of carbonyl (C=O) groups is 2. The van der Waals surface area contributed by atoms with Crippen LogP contribution in [-0.2, 0) is 9.59 Å². The Morgan fingerprint density at radius 3 is 2.33 bits per heavy atom. The molecule has 5 heteroatoms. The highest BCUT2D eigenvalue weighted by atomic mass is 16.4. The number of nitrogens with zero attached hydrogens (tertiary/aromatic N) is 1. The molecule has 21 heavy (non-hydrogen) atoms. The Kier molecular flexibility index (Phi) is 6.37. The molecule has 0 unspecified atom stereocenters. The average Bonchev–Trinajstić information content (AvgIpc) is 2.41. The van der Waals surface area contributed by atoms with Crippen molar-refractivity contribution in [2.45, 2.75) is 39.2 Å². The maximum absolute atomic E-state index is 12.4. The first-order chi connectivity index (χ1) is 9.79. The van der Waals surface area contributed by atoms with Crippen molar-refractivity contribution in [1.82, 2.24) is 5.32 Å². The minimum Gasteiger partial charge on any atom is -0.481 e. The highest BCUT2D eigenvalue weighted by Gasteiger charge is 2.18. The third kappa shape index (κ3) is 6.90. The lowest BCUT2D eigenvalue weighted by molar-refractivity contribution is -0.137. The molecule has 0 aliphatic rings. The second-order valence-electron chi connectivity index (χ2n) is 5.98. The normalized spacial score (nSPS) is 11.2. The van der Waals surface area contributed by atoms with E-state index in [2.05, 4.69) is 5.32 Å². The van der Waals surface area contributed by atoms with Crippen molar-refractivity contribution < 1.29 is 14.7 Å². The number of anilines is 1. The summed E-state index contributed by atoms with van der Waals surface area (Å²) in [5.41, 5.74) is 0.655. The molecular formula is C16H24N2O3. The predicted molar refractivity (Wildman–Crippen MR) is 83.4 cm³/mol. The van der Waals surface area contributed by atoms with Crippen molar-refractivity contribution in [3.05, 3.63) is 30.3 Å². The van der Waals surface area contributed by atoms with Gasteiger partial charge in [0.05, 0.1) is 6.54 Å². The molecular weight excluding hydrogens is 268 g/mol. The average molecular weight is 292 g/mol. The first-order valence-electron chi connectivity index (χ1n) is 7.12. The van der Waals surface area contributed by atoms with Gasteiger partial charge in [0, 0.05) is 24.2 Å². The first kappa shape index (κ1) is 17.2. The molecule has 0 fully saturated rings. The summed E-state index contributed by atoms with van der Waals surface area (Å²) in [7, 11) is 0. The number of rotatable bonds is 7. The fraction of sp³-hybridized carbons (Fsp3) is 0.500. The number of carbonyl (C=O) groups excluding carboxylic acids is 1. The van der Waals surface area contributed by atoms with Gasteiger partial charge in [-0.15, -0.1) is 0 Å². The Hall–Kier alpha value is -1.88. The van der Waals surface area contributed by atoms with Crippen LogP contribution in [0.2, 0.25) is 0 Å². The standard InChI is InChI=1S/C16H24N2O3/c1-16(2,3)17-12-14(19)18(11-7-10-15(20)21)13-8-5-4-6-9-13/h4-6,8-9,17H,7,10-12H2,1-3H3,(H,20,21). The van der Waals surface area contributed by atoms with E-state index in [4.69, 9.17) is 5.11 Å². The predicted octanol–water partition coefficient (Wildman–Crippen LogP) is 2.27. The van der Waals surface area contributed by atoms with Gasteiger partial charge < -0.3 is 15.3 Å². The minimum atomic E-state index is -0.844. The molecule has 0 atom stereocenters. The molecule has 2 N–H and O–H groups in total. The maximum atomic E-state index is 12.4. The second-order valence-corrected chi connectivity index (χ2v) is 5.98. The number of hydrogen-bond donors (Lipinski definition) is 2. The van der Waals surface area contributed by atoms with Crippen molar-refractivity contribution in [2.24, 2.45) is 0 Å². The van der Waals surface area contributed by atoms with Gasteiger partial charge in [0.25, 0.3) is 0 Å². The van der Waals surface area contributed by atoms with E-state index in [9.17, 15) is 9.59 Å². The molecule has 0 bridgehead atoms. The molecule has 0 saturated heterocycles. The summed E-state index contributed by atoms with van der Waals surface area (Å²) >= 11 is 0. The number of para-hydroxylation sites is 1. The number of carboxylic acid groups (broad SMARTS) is 1. The van der Waals surface area contributed by atoms with E-state index >= 15 is 0 Å². The Labute approximate surface area is 126 Å². The van der Waals surface area contributed by atoms with Crippen molar-refractivity contribution in [1.29, 1.82) is 0 Å². The van der Waals surface area contributed by atoms with Gasteiger partial charge in [-0.1, -0.05) is 18.2 Å². The van der Waals surface area contributed by atoms with E-state index in [0.717, 1.165) is 5.69 Å².